The fraction of sp³-hybridized carbons (Fsp3) is 0.417. The Labute approximate surface area is 111 Å². The van der Waals surface area contributed by atoms with Crippen molar-refractivity contribution < 1.29 is 26.7 Å². The highest BCUT2D eigenvalue weighted by Crippen LogP contribution is 2.24. The second-order valence-corrected chi connectivity index (χ2v) is 4.89. The van der Waals surface area contributed by atoms with Gasteiger partial charge in [0.05, 0.1) is 5.54 Å². The summed E-state index contributed by atoms with van der Waals surface area (Å²) in [5.74, 6) is -12.1. The van der Waals surface area contributed by atoms with Crippen LogP contribution in [0.5, 0.6) is 0 Å². The predicted octanol–water partition coefficient (Wildman–Crippen LogP) is 1.86. The predicted molar refractivity (Wildman–Crippen MR) is 59.6 cm³/mol. The van der Waals surface area contributed by atoms with Crippen LogP contribution in [0.2, 0.25) is 0 Å². The first kappa shape index (κ1) is 14.7. The maximum atomic E-state index is 13.5. The van der Waals surface area contributed by atoms with Crippen LogP contribution < -0.4 is 10.6 Å². The molecule has 3 nitrogen and oxygen atoms in total. The van der Waals surface area contributed by atoms with E-state index in [0.717, 1.165) is 0 Å². The van der Waals surface area contributed by atoms with Crippen LogP contribution >= 0.6 is 0 Å². The van der Waals surface area contributed by atoms with Crippen LogP contribution in [0.1, 0.15) is 23.7 Å². The molecule has 0 aromatic heterocycles. The molecule has 0 aliphatic carbocycles. The largest absolute Gasteiger partial charge is 0.345 e. The molecule has 1 heterocycles. The van der Waals surface area contributed by atoms with Gasteiger partial charge in [-0.1, -0.05) is 0 Å². The minimum absolute atomic E-state index is 0.341. The molecule has 1 fully saturated rings. The van der Waals surface area contributed by atoms with Crippen molar-refractivity contribution in [2.24, 2.45) is 0 Å². The van der Waals surface area contributed by atoms with Crippen LogP contribution in [0.3, 0.4) is 0 Å². The van der Waals surface area contributed by atoms with Crippen LogP contribution in [0, 0.1) is 29.1 Å². The summed E-state index contributed by atoms with van der Waals surface area (Å²) in [5.41, 5.74) is -2.26. The zero-order valence-corrected chi connectivity index (χ0v) is 10.4. The summed E-state index contributed by atoms with van der Waals surface area (Å²) < 4.78 is 65.8. The standard InChI is InChI=1S/C12H11F5N2O/c1-12(2-3-18-4-12)19-11(20)5-6(13)8(15)10(17)9(16)7(5)14/h18H,2-4H2,1H3,(H,19,20). The van der Waals surface area contributed by atoms with Crippen molar-refractivity contribution in [1.82, 2.24) is 10.6 Å². The van der Waals surface area contributed by atoms with Gasteiger partial charge in [-0.05, 0) is 19.9 Å². The number of amides is 1. The van der Waals surface area contributed by atoms with Crippen LogP contribution in [0.4, 0.5) is 22.0 Å². The minimum atomic E-state index is -2.29. The van der Waals surface area contributed by atoms with E-state index in [1.165, 1.54) is 0 Å². The molecule has 1 aliphatic heterocycles. The van der Waals surface area contributed by atoms with Crippen molar-refractivity contribution in [3.8, 4) is 0 Å². The van der Waals surface area contributed by atoms with Crippen molar-refractivity contribution in [3.63, 3.8) is 0 Å². The summed E-state index contributed by atoms with van der Waals surface area (Å²) in [4.78, 5) is 11.8. The Morgan fingerprint density at radius 2 is 1.55 bits per heavy atom. The molecule has 110 valence electrons. The number of benzene rings is 1. The topological polar surface area (TPSA) is 41.1 Å². The van der Waals surface area contributed by atoms with E-state index < -0.39 is 46.1 Å². The zero-order valence-electron chi connectivity index (χ0n) is 10.4. The SMILES string of the molecule is CC1(NC(=O)c2c(F)c(F)c(F)c(F)c2F)CCNC1. The molecule has 1 aromatic rings. The Morgan fingerprint density at radius 1 is 1.05 bits per heavy atom. The van der Waals surface area contributed by atoms with Gasteiger partial charge in [-0.2, -0.15) is 0 Å². The summed E-state index contributed by atoms with van der Waals surface area (Å²) in [6, 6.07) is 0. The quantitative estimate of drug-likeness (QED) is 0.497. The van der Waals surface area contributed by atoms with Gasteiger partial charge in [0.2, 0.25) is 5.82 Å². The summed E-state index contributed by atoms with van der Waals surface area (Å²) in [7, 11) is 0. The Balaban J connectivity index is 2.40. The number of carbonyl (C=O) groups excluding carboxylic acids is 1. The van der Waals surface area contributed by atoms with Crippen molar-refractivity contribution in [2.75, 3.05) is 13.1 Å². The smallest absolute Gasteiger partial charge is 0.257 e. The number of hydrogen-bond acceptors (Lipinski definition) is 2. The normalized spacial score (nSPS) is 22.1. The van der Waals surface area contributed by atoms with E-state index in [1.807, 2.05) is 0 Å². The summed E-state index contributed by atoms with van der Waals surface area (Å²) in [6.45, 7) is 2.53. The first-order valence-electron chi connectivity index (χ1n) is 5.81. The number of hydrogen-bond donors (Lipinski definition) is 2. The van der Waals surface area contributed by atoms with Crippen LogP contribution in [-0.2, 0) is 0 Å². The zero-order chi connectivity index (χ0) is 15.1. The lowest BCUT2D eigenvalue weighted by atomic mass is 10.0. The van der Waals surface area contributed by atoms with Gasteiger partial charge in [0, 0.05) is 6.54 Å². The maximum Gasteiger partial charge on any atom is 0.257 e. The third-order valence-corrected chi connectivity index (χ3v) is 3.22. The minimum Gasteiger partial charge on any atom is -0.345 e. The van der Waals surface area contributed by atoms with Crippen LogP contribution in [-0.4, -0.2) is 24.5 Å². The second kappa shape index (κ2) is 5.01. The lowest BCUT2D eigenvalue weighted by Gasteiger charge is -2.24. The average Bonchev–Trinajstić information content (AvgIpc) is 2.80. The summed E-state index contributed by atoms with van der Waals surface area (Å²) in [6.07, 6.45) is 0.480. The molecule has 2 rings (SSSR count). The molecule has 0 spiro atoms. The first-order valence-corrected chi connectivity index (χ1v) is 5.81. The van der Waals surface area contributed by atoms with Gasteiger partial charge in [0.25, 0.3) is 5.91 Å². The van der Waals surface area contributed by atoms with E-state index in [2.05, 4.69) is 10.6 Å². The van der Waals surface area contributed by atoms with Crippen molar-refractivity contribution in [2.45, 2.75) is 18.9 Å². The summed E-state index contributed by atoms with van der Waals surface area (Å²) >= 11 is 0. The molecule has 20 heavy (non-hydrogen) atoms. The second-order valence-electron chi connectivity index (χ2n) is 4.89. The number of rotatable bonds is 2. The Morgan fingerprint density at radius 3 is 2.00 bits per heavy atom. The van der Waals surface area contributed by atoms with E-state index in [4.69, 9.17) is 0 Å². The van der Waals surface area contributed by atoms with Gasteiger partial charge in [-0.15, -0.1) is 0 Å². The van der Waals surface area contributed by atoms with Gasteiger partial charge in [-0.3, -0.25) is 4.79 Å². The lowest BCUT2D eigenvalue weighted by Crippen LogP contribution is -2.48. The van der Waals surface area contributed by atoms with E-state index >= 15 is 0 Å². The van der Waals surface area contributed by atoms with Crippen LogP contribution in [0.15, 0.2) is 0 Å². The monoisotopic (exact) mass is 294 g/mol. The van der Waals surface area contributed by atoms with Gasteiger partial charge < -0.3 is 10.6 Å². The van der Waals surface area contributed by atoms with E-state index in [9.17, 15) is 26.7 Å². The number of halogens is 5. The molecule has 0 radical (unpaired) electrons. The van der Waals surface area contributed by atoms with E-state index in [1.54, 1.807) is 6.92 Å². The van der Waals surface area contributed by atoms with Crippen molar-refractivity contribution >= 4 is 5.91 Å². The fourth-order valence-corrected chi connectivity index (χ4v) is 2.06. The molecule has 8 heteroatoms. The third-order valence-electron chi connectivity index (χ3n) is 3.22. The van der Waals surface area contributed by atoms with Gasteiger partial charge in [-0.25, -0.2) is 22.0 Å². The molecular weight excluding hydrogens is 283 g/mol. The van der Waals surface area contributed by atoms with Gasteiger partial charge in [0.15, 0.2) is 23.3 Å². The molecule has 1 aliphatic rings. The fourth-order valence-electron chi connectivity index (χ4n) is 2.06. The third kappa shape index (κ3) is 2.35. The first-order chi connectivity index (χ1) is 9.27. The number of carbonyl (C=O) groups is 1. The Hall–Kier alpha value is -1.70. The molecule has 1 saturated heterocycles. The molecule has 1 amide bonds. The molecule has 1 aromatic carbocycles. The van der Waals surface area contributed by atoms with Crippen LogP contribution in [0.25, 0.3) is 0 Å². The Bertz CT molecular complexity index is 540. The lowest BCUT2D eigenvalue weighted by molar-refractivity contribution is 0.0901. The van der Waals surface area contributed by atoms with Gasteiger partial charge in [0.1, 0.15) is 5.56 Å². The number of nitrogens with one attached hydrogen (secondary N) is 2. The van der Waals surface area contributed by atoms with Crippen molar-refractivity contribution in [1.29, 1.82) is 0 Å². The van der Waals surface area contributed by atoms with Gasteiger partial charge >= 0.3 is 0 Å². The molecule has 0 saturated carbocycles. The Kier molecular flexibility index (Phi) is 3.68. The highest BCUT2D eigenvalue weighted by atomic mass is 19.2. The van der Waals surface area contributed by atoms with E-state index in [-0.39, 0.29) is 0 Å². The van der Waals surface area contributed by atoms with E-state index in [0.29, 0.717) is 19.5 Å². The molecule has 1 unspecified atom stereocenters. The highest BCUT2D eigenvalue weighted by Gasteiger charge is 2.35. The average molecular weight is 294 g/mol. The molecule has 0 bridgehead atoms. The summed E-state index contributed by atoms with van der Waals surface area (Å²) in [5, 5.41) is 5.21. The molecule has 1 atom stereocenters. The van der Waals surface area contributed by atoms with Crippen molar-refractivity contribution in [3.05, 3.63) is 34.6 Å². The maximum absolute atomic E-state index is 13.5. The highest BCUT2D eigenvalue weighted by molar-refractivity contribution is 5.95. The molecule has 2 N–H and O–H groups in total. The molecular formula is C12H11F5N2O.